The van der Waals surface area contributed by atoms with Crippen molar-refractivity contribution in [3.8, 4) is 0 Å². The molecule has 2 atom stereocenters. The van der Waals surface area contributed by atoms with Crippen LogP contribution in [-0.4, -0.2) is 17.3 Å². The molecule has 1 aromatic rings. The highest BCUT2D eigenvalue weighted by Crippen LogP contribution is 2.11. The second-order valence-electron chi connectivity index (χ2n) is 3.43. The van der Waals surface area contributed by atoms with Gasteiger partial charge >= 0.3 is 0 Å². The second kappa shape index (κ2) is 5.08. The Morgan fingerprint density at radius 2 is 2.07 bits per heavy atom. The molecule has 0 aliphatic carbocycles. The molecule has 2 unspecified atom stereocenters. The number of halogens is 1. The second-order valence-corrected chi connectivity index (χ2v) is 3.43. The third-order valence-corrected chi connectivity index (χ3v) is 2.35. The van der Waals surface area contributed by atoms with Crippen molar-refractivity contribution in [1.29, 1.82) is 0 Å². The van der Waals surface area contributed by atoms with Gasteiger partial charge in [0.05, 0.1) is 6.10 Å². The van der Waals surface area contributed by atoms with Gasteiger partial charge in [0.1, 0.15) is 5.82 Å². The minimum Gasteiger partial charge on any atom is -0.391 e. The highest BCUT2D eigenvalue weighted by molar-refractivity contribution is 5.18. The van der Waals surface area contributed by atoms with Gasteiger partial charge < -0.3 is 10.8 Å². The van der Waals surface area contributed by atoms with Crippen LogP contribution in [0, 0.1) is 5.82 Å². The third kappa shape index (κ3) is 2.79. The smallest absolute Gasteiger partial charge is 0.126 e. The molecule has 0 spiro atoms. The van der Waals surface area contributed by atoms with Crippen molar-refractivity contribution in [3.05, 3.63) is 35.6 Å². The number of nitrogens with two attached hydrogens (primary N) is 1. The predicted molar refractivity (Wildman–Crippen MR) is 54.4 cm³/mol. The summed E-state index contributed by atoms with van der Waals surface area (Å²) in [6.45, 7) is 1.90. The lowest BCUT2D eigenvalue weighted by Crippen LogP contribution is -2.35. The summed E-state index contributed by atoms with van der Waals surface area (Å²) in [6, 6.07) is 6.16. The van der Waals surface area contributed by atoms with Crippen molar-refractivity contribution in [2.24, 2.45) is 5.73 Å². The van der Waals surface area contributed by atoms with Crippen LogP contribution in [-0.2, 0) is 6.42 Å². The molecule has 3 N–H and O–H groups in total. The van der Waals surface area contributed by atoms with E-state index in [1.54, 1.807) is 18.2 Å². The van der Waals surface area contributed by atoms with Gasteiger partial charge in [0.2, 0.25) is 0 Å². The van der Waals surface area contributed by atoms with Crippen LogP contribution in [0.4, 0.5) is 4.39 Å². The van der Waals surface area contributed by atoms with E-state index in [9.17, 15) is 9.50 Å². The van der Waals surface area contributed by atoms with Crippen molar-refractivity contribution in [2.45, 2.75) is 31.9 Å². The maximum atomic E-state index is 13.2. The molecule has 1 rings (SSSR count). The van der Waals surface area contributed by atoms with Crippen LogP contribution in [0.5, 0.6) is 0 Å². The first-order chi connectivity index (χ1) is 6.65. The van der Waals surface area contributed by atoms with E-state index in [1.165, 1.54) is 6.07 Å². The fourth-order valence-electron chi connectivity index (χ4n) is 1.31. The van der Waals surface area contributed by atoms with Crippen LogP contribution in [0.25, 0.3) is 0 Å². The Kier molecular flexibility index (Phi) is 4.04. The van der Waals surface area contributed by atoms with E-state index in [4.69, 9.17) is 5.73 Å². The molecule has 0 aliphatic rings. The Hall–Kier alpha value is -0.930. The summed E-state index contributed by atoms with van der Waals surface area (Å²) in [7, 11) is 0. The van der Waals surface area contributed by atoms with Gasteiger partial charge in [-0.2, -0.15) is 0 Å². The van der Waals surface area contributed by atoms with Crippen LogP contribution in [0.3, 0.4) is 0 Å². The number of hydrogen-bond acceptors (Lipinski definition) is 2. The van der Waals surface area contributed by atoms with Crippen molar-refractivity contribution in [3.63, 3.8) is 0 Å². The van der Waals surface area contributed by atoms with E-state index in [2.05, 4.69) is 0 Å². The summed E-state index contributed by atoms with van der Waals surface area (Å²) in [5, 5.41) is 9.60. The fraction of sp³-hybridized carbons (Fsp3) is 0.455. The maximum absolute atomic E-state index is 13.2. The lowest BCUT2D eigenvalue weighted by Gasteiger charge is -2.17. The van der Waals surface area contributed by atoms with Crippen LogP contribution in [0.1, 0.15) is 18.9 Å². The number of rotatable bonds is 4. The molecule has 0 bridgehead atoms. The summed E-state index contributed by atoms with van der Waals surface area (Å²) in [4.78, 5) is 0. The molecule has 0 saturated heterocycles. The Morgan fingerprint density at radius 1 is 1.43 bits per heavy atom. The van der Waals surface area contributed by atoms with Gasteiger partial charge in [0, 0.05) is 12.5 Å². The zero-order chi connectivity index (χ0) is 10.6. The minimum atomic E-state index is -0.670. The highest BCUT2D eigenvalue weighted by Gasteiger charge is 2.14. The number of hydrogen-bond donors (Lipinski definition) is 2. The van der Waals surface area contributed by atoms with E-state index in [-0.39, 0.29) is 18.3 Å². The average Bonchev–Trinajstić information content (AvgIpc) is 2.20. The number of aliphatic hydroxyl groups excluding tert-OH is 1. The number of benzene rings is 1. The largest absolute Gasteiger partial charge is 0.391 e. The number of aliphatic hydroxyl groups is 1. The molecular weight excluding hydrogens is 181 g/mol. The normalized spacial score (nSPS) is 15.1. The summed E-state index contributed by atoms with van der Waals surface area (Å²) >= 11 is 0. The molecule has 0 heterocycles. The lowest BCUT2D eigenvalue weighted by atomic mass is 10.0. The Morgan fingerprint density at radius 3 is 2.64 bits per heavy atom. The Labute approximate surface area is 83.6 Å². The average molecular weight is 197 g/mol. The van der Waals surface area contributed by atoms with Gasteiger partial charge in [0.25, 0.3) is 0 Å². The molecule has 3 heteroatoms. The molecule has 78 valence electrons. The molecule has 0 saturated carbocycles. The van der Waals surface area contributed by atoms with Gasteiger partial charge in [-0.1, -0.05) is 25.1 Å². The summed E-state index contributed by atoms with van der Waals surface area (Å²) in [5.41, 5.74) is 6.16. The SMILES string of the molecule is CCC(N)C(O)Cc1ccccc1F. The molecule has 1 aromatic carbocycles. The van der Waals surface area contributed by atoms with Crippen LogP contribution in [0.2, 0.25) is 0 Å². The van der Waals surface area contributed by atoms with Gasteiger partial charge in [-0.25, -0.2) is 4.39 Å². The zero-order valence-electron chi connectivity index (χ0n) is 8.28. The van der Waals surface area contributed by atoms with E-state index in [1.807, 2.05) is 6.92 Å². The van der Waals surface area contributed by atoms with Crippen molar-refractivity contribution in [2.75, 3.05) is 0 Å². The van der Waals surface area contributed by atoms with Gasteiger partial charge in [-0.3, -0.25) is 0 Å². The molecule has 0 aliphatic heterocycles. The lowest BCUT2D eigenvalue weighted by molar-refractivity contribution is 0.141. The van der Waals surface area contributed by atoms with Crippen LogP contribution < -0.4 is 5.73 Å². The zero-order valence-corrected chi connectivity index (χ0v) is 8.28. The summed E-state index contributed by atoms with van der Waals surface area (Å²) in [6.07, 6.45) is 0.300. The van der Waals surface area contributed by atoms with Crippen LogP contribution >= 0.6 is 0 Å². The highest BCUT2D eigenvalue weighted by atomic mass is 19.1. The first-order valence-electron chi connectivity index (χ1n) is 4.82. The van der Waals surface area contributed by atoms with Crippen LogP contribution in [0.15, 0.2) is 24.3 Å². The van der Waals surface area contributed by atoms with Gasteiger partial charge in [-0.15, -0.1) is 0 Å². The molecule has 0 radical (unpaired) electrons. The fourth-order valence-corrected chi connectivity index (χ4v) is 1.31. The predicted octanol–water partition coefficient (Wildman–Crippen LogP) is 1.47. The van der Waals surface area contributed by atoms with Crippen molar-refractivity contribution < 1.29 is 9.50 Å². The summed E-state index contributed by atoms with van der Waals surface area (Å²) in [5.74, 6) is -0.283. The molecule has 0 amide bonds. The Bertz CT molecular complexity index is 290. The molecule has 14 heavy (non-hydrogen) atoms. The summed E-state index contributed by atoms with van der Waals surface area (Å²) < 4.78 is 13.2. The standard InChI is InChI=1S/C11H16FNO/c1-2-10(13)11(14)7-8-5-3-4-6-9(8)12/h3-6,10-11,14H,2,7,13H2,1H3. The molecule has 2 nitrogen and oxygen atoms in total. The third-order valence-electron chi connectivity index (χ3n) is 2.35. The first-order valence-corrected chi connectivity index (χ1v) is 4.82. The van der Waals surface area contributed by atoms with E-state index >= 15 is 0 Å². The van der Waals surface area contributed by atoms with Crippen molar-refractivity contribution >= 4 is 0 Å². The Balaban J connectivity index is 2.64. The van der Waals surface area contributed by atoms with Gasteiger partial charge in [-0.05, 0) is 18.1 Å². The quantitative estimate of drug-likeness (QED) is 0.767. The van der Waals surface area contributed by atoms with E-state index in [0.29, 0.717) is 12.0 Å². The minimum absolute atomic E-state index is 0.279. The van der Waals surface area contributed by atoms with E-state index in [0.717, 1.165) is 0 Å². The van der Waals surface area contributed by atoms with Crippen molar-refractivity contribution in [1.82, 2.24) is 0 Å². The maximum Gasteiger partial charge on any atom is 0.126 e. The topological polar surface area (TPSA) is 46.2 Å². The van der Waals surface area contributed by atoms with Gasteiger partial charge in [0.15, 0.2) is 0 Å². The first kappa shape index (κ1) is 11.1. The molecule has 0 fully saturated rings. The molecule has 0 aromatic heterocycles. The van der Waals surface area contributed by atoms with E-state index < -0.39 is 6.10 Å². The monoisotopic (exact) mass is 197 g/mol. The molecular formula is C11H16FNO.